The second-order valence-electron chi connectivity index (χ2n) is 6.96. The van der Waals surface area contributed by atoms with Crippen LogP contribution in [0.15, 0.2) is 18.2 Å². The molecule has 1 aliphatic carbocycles. The minimum atomic E-state index is -0.667. The van der Waals surface area contributed by atoms with E-state index in [9.17, 15) is 20.0 Å². The molecule has 2 fully saturated rings. The summed E-state index contributed by atoms with van der Waals surface area (Å²) in [7, 11) is 0. The van der Waals surface area contributed by atoms with Gasteiger partial charge in [-0.1, -0.05) is 0 Å². The molecule has 0 spiro atoms. The Morgan fingerprint density at radius 1 is 1.42 bits per heavy atom. The molecule has 1 saturated heterocycles. The number of nitro groups is 1. The van der Waals surface area contributed by atoms with E-state index in [1.54, 1.807) is 12.1 Å². The topological polar surface area (TPSA) is 95.7 Å². The summed E-state index contributed by atoms with van der Waals surface area (Å²) >= 11 is 0. The van der Waals surface area contributed by atoms with Crippen LogP contribution in [0.25, 0.3) is 0 Å². The molecule has 0 aromatic heterocycles. The SMILES string of the molecule is CC(CO)(NC(=O)c1ccc(N2CCCC2)c([N+](=O)[O-])c1)C1CC1. The predicted molar refractivity (Wildman–Crippen MR) is 90.2 cm³/mol. The number of nitro benzene ring substituents is 1. The van der Waals surface area contributed by atoms with Crippen LogP contribution in [-0.4, -0.2) is 41.2 Å². The summed E-state index contributed by atoms with van der Waals surface area (Å²) in [6, 6.07) is 4.63. The van der Waals surface area contributed by atoms with Gasteiger partial charge >= 0.3 is 0 Å². The van der Waals surface area contributed by atoms with Crippen molar-refractivity contribution in [1.29, 1.82) is 0 Å². The highest BCUT2D eigenvalue weighted by Crippen LogP contribution is 2.39. The number of nitrogens with zero attached hydrogens (tertiary/aromatic N) is 2. The average Bonchev–Trinajstić information content (AvgIpc) is 3.30. The third-order valence-electron chi connectivity index (χ3n) is 5.09. The molecule has 130 valence electrons. The molecule has 7 nitrogen and oxygen atoms in total. The number of amides is 1. The molecule has 2 aliphatic rings. The van der Waals surface area contributed by atoms with E-state index >= 15 is 0 Å². The molecule has 0 radical (unpaired) electrons. The Bertz CT molecular complexity index is 653. The van der Waals surface area contributed by atoms with E-state index in [-0.39, 0.29) is 29.7 Å². The summed E-state index contributed by atoms with van der Waals surface area (Å²) in [6.07, 6.45) is 4.00. The standard InChI is InChI=1S/C17H23N3O4/c1-17(11-21,13-5-6-13)18-16(22)12-4-7-14(15(10-12)20(23)24)19-8-2-3-9-19/h4,7,10,13,21H,2-3,5-6,8-9,11H2,1H3,(H,18,22). The summed E-state index contributed by atoms with van der Waals surface area (Å²) in [5, 5.41) is 23.9. The third-order valence-corrected chi connectivity index (χ3v) is 5.09. The number of carbonyl (C=O) groups is 1. The van der Waals surface area contributed by atoms with Crippen LogP contribution in [0.1, 0.15) is 43.0 Å². The fraction of sp³-hybridized carbons (Fsp3) is 0.588. The fourth-order valence-corrected chi connectivity index (χ4v) is 3.36. The molecule has 1 unspecified atom stereocenters. The number of aliphatic hydroxyl groups excluding tert-OH is 1. The molecule has 1 amide bonds. The Labute approximate surface area is 140 Å². The van der Waals surface area contributed by atoms with Gasteiger partial charge in [-0.3, -0.25) is 14.9 Å². The monoisotopic (exact) mass is 333 g/mol. The van der Waals surface area contributed by atoms with Crippen LogP contribution in [0.5, 0.6) is 0 Å². The van der Waals surface area contributed by atoms with Gasteiger partial charge in [0, 0.05) is 24.7 Å². The molecule has 0 bridgehead atoms. The van der Waals surface area contributed by atoms with Crippen molar-refractivity contribution in [3.63, 3.8) is 0 Å². The minimum Gasteiger partial charge on any atom is -0.394 e. The molecule has 1 aromatic rings. The lowest BCUT2D eigenvalue weighted by Gasteiger charge is -2.28. The number of aliphatic hydroxyl groups is 1. The van der Waals surface area contributed by atoms with E-state index in [0.29, 0.717) is 5.69 Å². The summed E-state index contributed by atoms with van der Waals surface area (Å²) in [4.78, 5) is 25.5. The zero-order chi connectivity index (χ0) is 17.3. The van der Waals surface area contributed by atoms with Crippen LogP contribution < -0.4 is 10.2 Å². The smallest absolute Gasteiger partial charge is 0.293 e. The van der Waals surface area contributed by atoms with Crippen molar-refractivity contribution in [3.8, 4) is 0 Å². The van der Waals surface area contributed by atoms with Gasteiger partial charge in [0.15, 0.2) is 0 Å². The van der Waals surface area contributed by atoms with Crippen molar-refractivity contribution in [2.45, 2.75) is 38.1 Å². The van der Waals surface area contributed by atoms with Crippen molar-refractivity contribution < 1.29 is 14.8 Å². The second kappa shape index (κ2) is 6.39. The van der Waals surface area contributed by atoms with Crippen LogP contribution >= 0.6 is 0 Å². The van der Waals surface area contributed by atoms with E-state index in [0.717, 1.165) is 38.8 Å². The third kappa shape index (κ3) is 3.21. The van der Waals surface area contributed by atoms with E-state index in [1.807, 2.05) is 11.8 Å². The molecule has 1 heterocycles. The van der Waals surface area contributed by atoms with Crippen molar-refractivity contribution in [2.24, 2.45) is 5.92 Å². The summed E-state index contributed by atoms with van der Waals surface area (Å²) in [5.41, 5.74) is 0.118. The largest absolute Gasteiger partial charge is 0.394 e. The molecule has 24 heavy (non-hydrogen) atoms. The maximum atomic E-state index is 12.5. The van der Waals surface area contributed by atoms with E-state index in [1.165, 1.54) is 6.07 Å². The number of hydrogen-bond acceptors (Lipinski definition) is 5. The quantitative estimate of drug-likeness (QED) is 0.614. The van der Waals surface area contributed by atoms with Crippen LogP contribution in [-0.2, 0) is 0 Å². The van der Waals surface area contributed by atoms with Crippen LogP contribution in [0, 0.1) is 16.0 Å². The van der Waals surface area contributed by atoms with Crippen molar-refractivity contribution in [1.82, 2.24) is 5.32 Å². The Hall–Kier alpha value is -2.15. The van der Waals surface area contributed by atoms with Gasteiger partial charge < -0.3 is 15.3 Å². The first-order valence-corrected chi connectivity index (χ1v) is 8.41. The molecule has 1 aliphatic heterocycles. The van der Waals surface area contributed by atoms with E-state index in [4.69, 9.17) is 0 Å². The highest BCUT2D eigenvalue weighted by molar-refractivity contribution is 5.96. The molecule has 1 atom stereocenters. The van der Waals surface area contributed by atoms with Crippen molar-refractivity contribution in [3.05, 3.63) is 33.9 Å². The van der Waals surface area contributed by atoms with Gasteiger partial charge in [0.25, 0.3) is 11.6 Å². The lowest BCUT2D eigenvalue weighted by atomic mass is 9.96. The van der Waals surface area contributed by atoms with Gasteiger partial charge in [0.05, 0.1) is 17.1 Å². The molecule has 1 aromatic carbocycles. The predicted octanol–water partition coefficient (Wildman–Crippen LogP) is 2.09. The fourth-order valence-electron chi connectivity index (χ4n) is 3.36. The second-order valence-corrected chi connectivity index (χ2v) is 6.96. The first-order chi connectivity index (χ1) is 11.4. The number of anilines is 1. The molecule has 7 heteroatoms. The van der Waals surface area contributed by atoms with Crippen LogP contribution in [0.4, 0.5) is 11.4 Å². The number of hydrogen-bond donors (Lipinski definition) is 2. The van der Waals surface area contributed by atoms with Crippen molar-refractivity contribution in [2.75, 3.05) is 24.6 Å². The zero-order valence-electron chi connectivity index (χ0n) is 13.8. The Balaban J connectivity index is 1.84. The Kier molecular flexibility index (Phi) is 4.45. The van der Waals surface area contributed by atoms with Crippen molar-refractivity contribution >= 4 is 17.3 Å². The average molecular weight is 333 g/mol. The van der Waals surface area contributed by atoms with Crippen LogP contribution in [0.2, 0.25) is 0 Å². The Morgan fingerprint density at radius 2 is 2.08 bits per heavy atom. The van der Waals surface area contributed by atoms with Gasteiger partial charge in [-0.25, -0.2) is 0 Å². The summed E-state index contributed by atoms with van der Waals surface area (Å²) in [5.74, 6) is -0.111. The number of rotatable bonds is 6. The van der Waals surface area contributed by atoms with Gasteiger partial charge in [-0.2, -0.15) is 0 Å². The van der Waals surface area contributed by atoms with Crippen LogP contribution in [0.3, 0.4) is 0 Å². The van der Waals surface area contributed by atoms with Gasteiger partial charge in [-0.05, 0) is 50.7 Å². The molecular weight excluding hydrogens is 310 g/mol. The minimum absolute atomic E-state index is 0.0401. The first-order valence-electron chi connectivity index (χ1n) is 8.41. The highest BCUT2D eigenvalue weighted by atomic mass is 16.6. The highest BCUT2D eigenvalue weighted by Gasteiger charge is 2.42. The zero-order valence-corrected chi connectivity index (χ0v) is 13.8. The molecule has 1 saturated carbocycles. The summed E-state index contributed by atoms with van der Waals surface area (Å²) < 4.78 is 0. The maximum absolute atomic E-state index is 12.5. The van der Waals surface area contributed by atoms with E-state index < -0.39 is 10.5 Å². The summed E-state index contributed by atoms with van der Waals surface area (Å²) in [6.45, 7) is 3.28. The first kappa shape index (κ1) is 16.7. The van der Waals surface area contributed by atoms with Gasteiger partial charge in [0.2, 0.25) is 0 Å². The number of nitrogens with one attached hydrogen (secondary N) is 1. The van der Waals surface area contributed by atoms with E-state index in [2.05, 4.69) is 5.32 Å². The lowest BCUT2D eigenvalue weighted by molar-refractivity contribution is -0.384. The molecular formula is C17H23N3O4. The Morgan fingerprint density at radius 3 is 2.62 bits per heavy atom. The normalized spacial score (nSPS) is 19.8. The molecule has 2 N–H and O–H groups in total. The number of carbonyl (C=O) groups excluding carboxylic acids is 1. The number of benzene rings is 1. The van der Waals surface area contributed by atoms with Gasteiger partial charge in [-0.15, -0.1) is 0 Å². The van der Waals surface area contributed by atoms with Gasteiger partial charge in [0.1, 0.15) is 5.69 Å². The lowest BCUT2D eigenvalue weighted by Crippen LogP contribution is -2.50. The molecule has 3 rings (SSSR count). The maximum Gasteiger partial charge on any atom is 0.293 e.